The predicted molar refractivity (Wildman–Crippen MR) is 117 cm³/mol. The largest absolute Gasteiger partial charge is 0.461 e. The highest BCUT2D eigenvalue weighted by molar-refractivity contribution is 6.09. The summed E-state index contributed by atoms with van der Waals surface area (Å²) in [5.74, 6) is 6.45. The predicted octanol–water partition coefficient (Wildman–Crippen LogP) is 4.85. The number of ketones is 1. The van der Waals surface area contributed by atoms with Crippen molar-refractivity contribution >= 4 is 22.3 Å². The number of benzene rings is 1. The summed E-state index contributed by atoms with van der Waals surface area (Å²) in [5.41, 5.74) is 3.99. The Morgan fingerprint density at radius 3 is 2.83 bits per heavy atom. The Hall–Kier alpha value is -2.79. The molecule has 0 atom stereocenters. The van der Waals surface area contributed by atoms with Crippen LogP contribution in [0.2, 0.25) is 0 Å². The van der Waals surface area contributed by atoms with E-state index in [4.69, 9.17) is 10.3 Å². The van der Waals surface area contributed by atoms with Gasteiger partial charge in [-0.25, -0.2) is 0 Å². The zero-order valence-electron chi connectivity index (χ0n) is 17.1. The summed E-state index contributed by atoms with van der Waals surface area (Å²) in [6.45, 7) is 5.46. The zero-order chi connectivity index (χ0) is 20.2. The number of fused-ring (bicyclic) bond motifs is 1. The lowest BCUT2D eigenvalue weighted by molar-refractivity contribution is 0.101. The monoisotopic (exact) mass is 391 g/mol. The first kappa shape index (κ1) is 19.5. The summed E-state index contributed by atoms with van der Waals surface area (Å²) in [5, 5.41) is 1.02. The third-order valence-corrected chi connectivity index (χ3v) is 5.81. The SMILES string of the molecule is CCCCCCN1CC=C(c2cn(N)c3ccc(C(=O)c4ccco4)cc23)CC1. The van der Waals surface area contributed by atoms with Crippen LogP contribution >= 0.6 is 0 Å². The highest BCUT2D eigenvalue weighted by Gasteiger charge is 2.19. The number of carbonyl (C=O) groups is 1. The van der Waals surface area contributed by atoms with E-state index in [1.54, 1.807) is 16.8 Å². The van der Waals surface area contributed by atoms with Crippen LogP contribution in [0.3, 0.4) is 0 Å². The van der Waals surface area contributed by atoms with Gasteiger partial charge in [0.2, 0.25) is 5.78 Å². The standard InChI is InChI=1S/C24H29N3O2/c1-2-3-4-5-12-26-13-10-18(11-14-26)21-17-27(25)22-9-8-19(16-20(21)22)24(28)23-7-6-15-29-23/h6-10,15-17H,2-5,11-14,25H2,1H3. The maximum Gasteiger partial charge on any atom is 0.228 e. The van der Waals surface area contributed by atoms with Crippen molar-refractivity contribution in [1.29, 1.82) is 0 Å². The molecule has 2 N–H and O–H groups in total. The van der Waals surface area contributed by atoms with E-state index in [0.29, 0.717) is 11.3 Å². The number of carbonyl (C=O) groups excluding carboxylic acids is 1. The summed E-state index contributed by atoms with van der Waals surface area (Å²) >= 11 is 0. The van der Waals surface area contributed by atoms with Crippen LogP contribution in [0, 0.1) is 0 Å². The fraction of sp³-hybridized carbons (Fsp3) is 0.375. The molecule has 29 heavy (non-hydrogen) atoms. The molecule has 1 aliphatic rings. The molecule has 152 valence electrons. The number of hydrogen-bond acceptors (Lipinski definition) is 4. The molecular weight excluding hydrogens is 362 g/mol. The van der Waals surface area contributed by atoms with E-state index in [9.17, 15) is 4.79 Å². The Balaban J connectivity index is 1.55. The van der Waals surface area contributed by atoms with Gasteiger partial charge in [-0.15, -0.1) is 0 Å². The van der Waals surface area contributed by atoms with Crippen LogP contribution in [0.1, 0.15) is 60.7 Å². The molecule has 0 unspecified atom stereocenters. The quantitative estimate of drug-likeness (QED) is 0.339. The molecule has 0 aliphatic carbocycles. The van der Waals surface area contributed by atoms with Crippen LogP contribution in [0.4, 0.5) is 0 Å². The molecule has 0 fully saturated rings. The van der Waals surface area contributed by atoms with Crippen LogP contribution in [0.25, 0.3) is 16.5 Å². The minimum absolute atomic E-state index is 0.108. The minimum atomic E-state index is -0.108. The molecule has 1 aliphatic heterocycles. The van der Waals surface area contributed by atoms with Crippen LogP contribution in [0.5, 0.6) is 0 Å². The van der Waals surface area contributed by atoms with Crippen LogP contribution < -0.4 is 5.84 Å². The van der Waals surface area contributed by atoms with Crippen LogP contribution in [-0.4, -0.2) is 35.0 Å². The summed E-state index contributed by atoms with van der Waals surface area (Å²) in [7, 11) is 0. The van der Waals surface area contributed by atoms with Gasteiger partial charge in [0.1, 0.15) is 0 Å². The number of nitrogen functional groups attached to an aromatic ring is 1. The Labute approximate surface area is 171 Å². The average Bonchev–Trinajstić information content (AvgIpc) is 3.40. The number of rotatable bonds is 8. The molecule has 0 radical (unpaired) electrons. The number of hydrogen-bond donors (Lipinski definition) is 1. The number of nitrogens with two attached hydrogens (primary N) is 1. The van der Waals surface area contributed by atoms with Crippen molar-refractivity contribution in [2.45, 2.75) is 39.0 Å². The second-order valence-electron chi connectivity index (χ2n) is 7.83. The molecule has 1 aromatic carbocycles. The van der Waals surface area contributed by atoms with Gasteiger partial charge in [0.15, 0.2) is 5.76 Å². The van der Waals surface area contributed by atoms with Crippen molar-refractivity contribution in [3.05, 3.63) is 65.8 Å². The first-order chi connectivity index (χ1) is 14.2. The van der Waals surface area contributed by atoms with Gasteiger partial charge in [-0.1, -0.05) is 32.3 Å². The Morgan fingerprint density at radius 2 is 2.10 bits per heavy atom. The van der Waals surface area contributed by atoms with E-state index in [1.165, 1.54) is 44.1 Å². The summed E-state index contributed by atoms with van der Waals surface area (Å²) in [6, 6.07) is 9.09. The topological polar surface area (TPSA) is 64.4 Å². The lowest BCUT2D eigenvalue weighted by atomic mass is 9.97. The minimum Gasteiger partial charge on any atom is -0.461 e. The smallest absolute Gasteiger partial charge is 0.228 e. The van der Waals surface area contributed by atoms with Crippen molar-refractivity contribution in [2.24, 2.45) is 0 Å². The Kier molecular flexibility index (Phi) is 5.86. The van der Waals surface area contributed by atoms with Crippen LogP contribution in [0.15, 0.2) is 53.3 Å². The van der Waals surface area contributed by atoms with Gasteiger partial charge in [0.05, 0.1) is 11.8 Å². The van der Waals surface area contributed by atoms with Gasteiger partial charge < -0.3 is 10.3 Å². The van der Waals surface area contributed by atoms with Gasteiger partial charge in [0.25, 0.3) is 0 Å². The zero-order valence-corrected chi connectivity index (χ0v) is 17.1. The van der Waals surface area contributed by atoms with Gasteiger partial charge in [-0.05, 0) is 55.3 Å². The van der Waals surface area contributed by atoms with E-state index in [-0.39, 0.29) is 5.78 Å². The van der Waals surface area contributed by atoms with Crippen molar-refractivity contribution in [3.8, 4) is 0 Å². The highest BCUT2D eigenvalue weighted by atomic mass is 16.3. The number of nitrogens with zero attached hydrogens (tertiary/aromatic N) is 2. The lowest BCUT2D eigenvalue weighted by Crippen LogP contribution is -2.29. The average molecular weight is 392 g/mol. The first-order valence-electron chi connectivity index (χ1n) is 10.6. The molecule has 3 heterocycles. The molecule has 0 spiro atoms. The van der Waals surface area contributed by atoms with Crippen molar-refractivity contribution in [1.82, 2.24) is 9.58 Å². The molecule has 0 amide bonds. The van der Waals surface area contributed by atoms with Crippen molar-refractivity contribution in [3.63, 3.8) is 0 Å². The van der Waals surface area contributed by atoms with Gasteiger partial charge in [-0.2, -0.15) is 0 Å². The molecule has 3 aromatic rings. The van der Waals surface area contributed by atoms with E-state index >= 15 is 0 Å². The normalized spacial score (nSPS) is 15.0. The van der Waals surface area contributed by atoms with Crippen LogP contribution in [-0.2, 0) is 0 Å². The molecular formula is C24H29N3O2. The van der Waals surface area contributed by atoms with Gasteiger partial charge in [-0.3, -0.25) is 14.4 Å². The van der Waals surface area contributed by atoms with E-state index in [1.807, 2.05) is 24.4 Å². The Morgan fingerprint density at radius 1 is 1.21 bits per heavy atom. The number of furan rings is 1. The second-order valence-corrected chi connectivity index (χ2v) is 7.83. The third-order valence-electron chi connectivity index (χ3n) is 5.81. The van der Waals surface area contributed by atoms with Crippen molar-refractivity contribution < 1.29 is 9.21 Å². The fourth-order valence-corrected chi connectivity index (χ4v) is 4.12. The summed E-state index contributed by atoms with van der Waals surface area (Å²) in [4.78, 5) is 15.2. The van der Waals surface area contributed by atoms with Gasteiger partial charge >= 0.3 is 0 Å². The maximum atomic E-state index is 12.7. The Bertz CT molecular complexity index is 1010. The number of aromatic nitrogens is 1. The molecule has 5 nitrogen and oxygen atoms in total. The van der Waals surface area contributed by atoms with Crippen molar-refractivity contribution in [2.75, 3.05) is 25.5 Å². The summed E-state index contributed by atoms with van der Waals surface area (Å²) in [6.07, 6.45) is 12.0. The fourth-order valence-electron chi connectivity index (χ4n) is 4.12. The summed E-state index contributed by atoms with van der Waals surface area (Å²) < 4.78 is 6.93. The molecule has 0 bridgehead atoms. The first-order valence-corrected chi connectivity index (χ1v) is 10.6. The van der Waals surface area contributed by atoms with E-state index in [2.05, 4.69) is 17.9 Å². The number of unbranched alkanes of at least 4 members (excludes halogenated alkanes) is 3. The lowest BCUT2D eigenvalue weighted by Gasteiger charge is -2.26. The van der Waals surface area contributed by atoms with Gasteiger partial charge in [0, 0.05) is 35.8 Å². The molecule has 4 rings (SSSR count). The molecule has 0 saturated heterocycles. The molecule has 0 saturated carbocycles. The maximum absolute atomic E-state index is 12.7. The molecule has 2 aromatic heterocycles. The second kappa shape index (κ2) is 8.70. The highest BCUT2D eigenvalue weighted by Crippen LogP contribution is 2.31. The van der Waals surface area contributed by atoms with E-state index < -0.39 is 0 Å². The van der Waals surface area contributed by atoms with E-state index in [0.717, 1.165) is 36.0 Å². The third kappa shape index (κ3) is 4.15. The molecule has 5 heteroatoms.